The molecule has 3 nitrogen and oxygen atoms in total. The molecule has 0 spiro atoms. The molecule has 0 atom stereocenters. The van der Waals surface area contributed by atoms with Gasteiger partial charge < -0.3 is 11.1 Å². The van der Waals surface area contributed by atoms with E-state index in [4.69, 9.17) is 5.73 Å². The van der Waals surface area contributed by atoms with Crippen LogP contribution in [0.3, 0.4) is 0 Å². The van der Waals surface area contributed by atoms with Crippen molar-refractivity contribution in [1.29, 1.82) is 0 Å². The predicted molar refractivity (Wildman–Crippen MR) is 63.3 cm³/mol. The summed E-state index contributed by atoms with van der Waals surface area (Å²) >= 11 is 3.43. The molecule has 1 aromatic rings. The van der Waals surface area contributed by atoms with E-state index in [0.29, 0.717) is 0 Å². The molecule has 0 fully saturated rings. The van der Waals surface area contributed by atoms with Gasteiger partial charge in [0, 0.05) is 18.9 Å². The van der Waals surface area contributed by atoms with Gasteiger partial charge in [0.2, 0.25) is 0 Å². The van der Waals surface area contributed by atoms with Gasteiger partial charge in [0.1, 0.15) is 0 Å². The average Bonchev–Trinajstić information content (AvgIpc) is 2.20. The highest BCUT2D eigenvalue weighted by Gasteiger charge is 1.96. The quantitative estimate of drug-likeness (QED) is 0.770. The van der Waals surface area contributed by atoms with Crippen LogP contribution in [0.15, 0.2) is 22.9 Å². The smallest absolute Gasteiger partial charge is 0.0590 e. The monoisotopic (exact) mass is 257 g/mol. The molecule has 0 saturated heterocycles. The number of anilines is 1. The SMILES string of the molecule is NCCCCCNc1ccncc1Br. The van der Waals surface area contributed by atoms with Crippen LogP contribution in [0.1, 0.15) is 19.3 Å². The van der Waals surface area contributed by atoms with E-state index in [2.05, 4.69) is 26.2 Å². The van der Waals surface area contributed by atoms with Gasteiger partial charge in [-0.05, 0) is 41.4 Å². The topological polar surface area (TPSA) is 50.9 Å². The molecule has 3 N–H and O–H groups in total. The van der Waals surface area contributed by atoms with Crippen molar-refractivity contribution in [2.45, 2.75) is 19.3 Å². The second-order valence-corrected chi connectivity index (χ2v) is 3.99. The molecule has 0 saturated carbocycles. The molecule has 1 heterocycles. The summed E-state index contributed by atoms with van der Waals surface area (Å²) in [6.45, 7) is 1.78. The number of unbranched alkanes of at least 4 members (excludes halogenated alkanes) is 2. The van der Waals surface area contributed by atoms with Crippen LogP contribution in [0.4, 0.5) is 5.69 Å². The Morgan fingerprint density at radius 2 is 2.21 bits per heavy atom. The highest BCUT2D eigenvalue weighted by atomic mass is 79.9. The van der Waals surface area contributed by atoms with Crippen molar-refractivity contribution in [2.24, 2.45) is 5.73 Å². The first-order chi connectivity index (χ1) is 6.84. The fourth-order valence-electron chi connectivity index (χ4n) is 1.19. The van der Waals surface area contributed by atoms with Gasteiger partial charge in [-0.3, -0.25) is 4.98 Å². The Bertz CT molecular complexity index is 265. The summed E-state index contributed by atoms with van der Waals surface area (Å²) in [5.41, 5.74) is 6.51. The minimum absolute atomic E-state index is 0.791. The Morgan fingerprint density at radius 3 is 2.93 bits per heavy atom. The minimum Gasteiger partial charge on any atom is -0.384 e. The zero-order valence-electron chi connectivity index (χ0n) is 8.17. The van der Waals surface area contributed by atoms with Gasteiger partial charge >= 0.3 is 0 Å². The van der Waals surface area contributed by atoms with E-state index in [9.17, 15) is 0 Å². The van der Waals surface area contributed by atoms with Crippen molar-refractivity contribution in [2.75, 3.05) is 18.4 Å². The summed E-state index contributed by atoms with van der Waals surface area (Å²) in [5.74, 6) is 0. The van der Waals surface area contributed by atoms with Crippen molar-refractivity contribution >= 4 is 21.6 Å². The first-order valence-electron chi connectivity index (χ1n) is 4.88. The molecule has 1 aromatic heterocycles. The number of nitrogens with zero attached hydrogens (tertiary/aromatic N) is 1. The third-order valence-corrected chi connectivity index (χ3v) is 2.60. The molecule has 0 unspecified atom stereocenters. The first-order valence-corrected chi connectivity index (χ1v) is 5.67. The molecule has 4 heteroatoms. The number of nitrogens with two attached hydrogens (primary N) is 1. The molecule has 0 bridgehead atoms. The van der Waals surface area contributed by atoms with E-state index in [-0.39, 0.29) is 0 Å². The van der Waals surface area contributed by atoms with Crippen molar-refractivity contribution in [1.82, 2.24) is 4.98 Å². The van der Waals surface area contributed by atoms with Crippen LogP contribution in [0.25, 0.3) is 0 Å². The molecule has 1 rings (SSSR count). The number of nitrogens with one attached hydrogen (secondary N) is 1. The van der Waals surface area contributed by atoms with Crippen LogP contribution in [0.2, 0.25) is 0 Å². The van der Waals surface area contributed by atoms with E-state index >= 15 is 0 Å². The van der Waals surface area contributed by atoms with E-state index in [0.717, 1.165) is 36.1 Å². The Balaban J connectivity index is 2.21. The number of hydrogen-bond acceptors (Lipinski definition) is 3. The first kappa shape index (κ1) is 11.5. The van der Waals surface area contributed by atoms with Crippen molar-refractivity contribution in [3.05, 3.63) is 22.9 Å². The Hall–Kier alpha value is -0.610. The maximum absolute atomic E-state index is 5.41. The number of hydrogen-bond donors (Lipinski definition) is 2. The van der Waals surface area contributed by atoms with Gasteiger partial charge in [-0.2, -0.15) is 0 Å². The lowest BCUT2D eigenvalue weighted by Gasteiger charge is -2.07. The minimum atomic E-state index is 0.791. The second kappa shape index (κ2) is 6.79. The standard InChI is InChI=1S/C10H16BrN3/c11-9-8-13-7-4-10(9)14-6-3-1-2-5-12/h4,7-8H,1-3,5-6,12H2,(H,13,14). The van der Waals surface area contributed by atoms with Crippen LogP contribution in [0.5, 0.6) is 0 Å². The lowest BCUT2D eigenvalue weighted by atomic mass is 10.2. The zero-order chi connectivity index (χ0) is 10.2. The van der Waals surface area contributed by atoms with E-state index in [1.165, 1.54) is 6.42 Å². The van der Waals surface area contributed by atoms with E-state index < -0.39 is 0 Å². The van der Waals surface area contributed by atoms with Gasteiger partial charge in [-0.25, -0.2) is 0 Å². The fraction of sp³-hybridized carbons (Fsp3) is 0.500. The van der Waals surface area contributed by atoms with Crippen molar-refractivity contribution in [3.8, 4) is 0 Å². The van der Waals surface area contributed by atoms with Crippen LogP contribution in [0, 0.1) is 0 Å². The molecule has 0 aliphatic heterocycles. The average molecular weight is 258 g/mol. The van der Waals surface area contributed by atoms with E-state index in [1.807, 2.05) is 6.07 Å². The van der Waals surface area contributed by atoms with Gasteiger partial charge in [-0.1, -0.05) is 6.42 Å². The highest BCUT2D eigenvalue weighted by molar-refractivity contribution is 9.10. The maximum atomic E-state index is 5.41. The highest BCUT2D eigenvalue weighted by Crippen LogP contribution is 2.19. The Labute approximate surface area is 93.2 Å². The summed E-state index contributed by atoms with van der Waals surface area (Å²) in [6.07, 6.45) is 7.03. The summed E-state index contributed by atoms with van der Waals surface area (Å²) < 4.78 is 1.01. The zero-order valence-corrected chi connectivity index (χ0v) is 9.76. The molecule has 14 heavy (non-hydrogen) atoms. The normalized spacial score (nSPS) is 10.1. The summed E-state index contributed by atoms with van der Waals surface area (Å²) in [7, 11) is 0. The summed E-state index contributed by atoms with van der Waals surface area (Å²) in [4.78, 5) is 4.00. The largest absolute Gasteiger partial charge is 0.384 e. The van der Waals surface area contributed by atoms with E-state index in [1.54, 1.807) is 12.4 Å². The van der Waals surface area contributed by atoms with Crippen LogP contribution < -0.4 is 11.1 Å². The molecule has 78 valence electrons. The summed E-state index contributed by atoms with van der Waals surface area (Å²) in [6, 6.07) is 1.97. The van der Waals surface area contributed by atoms with Gasteiger partial charge in [0.15, 0.2) is 0 Å². The third-order valence-electron chi connectivity index (χ3n) is 1.97. The lowest BCUT2D eigenvalue weighted by Crippen LogP contribution is -2.04. The van der Waals surface area contributed by atoms with Gasteiger partial charge in [0.25, 0.3) is 0 Å². The fourth-order valence-corrected chi connectivity index (χ4v) is 1.58. The van der Waals surface area contributed by atoms with Crippen LogP contribution >= 0.6 is 15.9 Å². The molecule has 0 aliphatic rings. The number of rotatable bonds is 6. The van der Waals surface area contributed by atoms with Gasteiger partial charge in [-0.15, -0.1) is 0 Å². The Kier molecular flexibility index (Phi) is 5.56. The second-order valence-electron chi connectivity index (χ2n) is 3.13. The lowest BCUT2D eigenvalue weighted by molar-refractivity contribution is 0.707. The third kappa shape index (κ3) is 4.07. The number of aromatic nitrogens is 1. The molecule has 0 aromatic carbocycles. The predicted octanol–water partition coefficient (Wildman–Crippen LogP) is 2.39. The molecule has 0 aliphatic carbocycles. The molecule has 0 amide bonds. The molecular weight excluding hydrogens is 242 g/mol. The van der Waals surface area contributed by atoms with Crippen LogP contribution in [-0.2, 0) is 0 Å². The maximum Gasteiger partial charge on any atom is 0.0590 e. The summed E-state index contributed by atoms with van der Waals surface area (Å²) in [5, 5.41) is 3.34. The molecule has 0 radical (unpaired) electrons. The Morgan fingerprint density at radius 1 is 1.36 bits per heavy atom. The van der Waals surface area contributed by atoms with Crippen LogP contribution in [-0.4, -0.2) is 18.1 Å². The van der Waals surface area contributed by atoms with Crippen molar-refractivity contribution < 1.29 is 0 Å². The van der Waals surface area contributed by atoms with Gasteiger partial charge in [0.05, 0.1) is 10.2 Å². The number of pyridine rings is 1. The molecular formula is C10H16BrN3. The van der Waals surface area contributed by atoms with Crippen molar-refractivity contribution in [3.63, 3.8) is 0 Å². The number of halogens is 1.